The Bertz CT molecular complexity index is 745. The number of hydrogen-bond donors (Lipinski definition) is 1. The highest BCUT2D eigenvalue weighted by atomic mass is 35.5. The Kier molecular flexibility index (Phi) is 5.89. The van der Waals surface area contributed by atoms with Crippen LogP contribution in [-0.4, -0.2) is 30.2 Å². The fraction of sp³-hybridized carbons (Fsp3) is 0.368. The number of ether oxygens (including phenoxy) is 2. The molecule has 1 aromatic heterocycles. The Hall–Kier alpha value is -2.11. The lowest BCUT2D eigenvalue weighted by Crippen LogP contribution is -2.26. The number of anilines is 1. The third-order valence-corrected chi connectivity index (χ3v) is 4.43. The summed E-state index contributed by atoms with van der Waals surface area (Å²) in [5, 5.41) is 3.25. The normalized spacial score (nSPS) is 15.0. The van der Waals surface area contributed by atoms with Crippen LogP contribution in [0.1, 0.15) is 35.7 Å². The van der Waals surface area contributed by atoms with Gasteiger partial charge >= 0.3 is 0 Å². The lowest BCUT2D eigenvalue weighted by atomic mass is 10.1. The summed E-state index contributed by atoms with van der Waals surface area (Å²) in [5.74, 6) is 0.118. The third-order valence-electron chi connectivity index (χ3n) is 4.16. The van der Waals surface area contributed by atoms with Gasteiger partial charge in [0.1, 0.15) is 11.1 Å². The molecular weight excluding hydrogens is 340 g/mol. The van der Waals surface area contributed by atoms with Gasteiger partial charge in [-0.05, 0) is 24.1 Å². The number of amides is 1. The lowest BCUT2D eigenvalue weighted by Gasteiger charge is -2.23. The number of aryl methyl sites for hydroxylation is 1. The molecule has 0 aliphatic carbocycles. The van der Waals surface area contributed by atoms with Crippen molar-refractivity contribution < 1.29 is 14.3 Å². The van der Waals surface area contributed by atoms with Crippen LogP contribution in [0.25, 0.3) is 0 Å². The molecule has 25 heavy (non-hydrogen) atoms. The van der Waals surface area contributed by atoms with Crippen molar-refractivity contribution in [2.45, 2.75) is 32.3 Å². The summed E-state index contributed by atoms with van der Waals surface area (Å²) in [6, 6.07) is 9.31. The van der Waals surface area contributed by atoms with Gasteiger partial charge in [0.05, 0.1) is 18.8 Å². The van der Waals surface area contributed by atoms with Crippen molar-refractivity contribution in [3.63, 3.8) is 0 Å². The van der Waals surface area contributed by atoms with Crippen molar-refractivity contribution >= 4 is 23.2 Å². The van der Waals surface area contributed by atoms with E-state index in [-0.39, 0.29) is 12.0 Å². The molecule has 1 saturated heterocycles. The van der Waals surface area contributed by atoms with Crippen LogP contribution in [0.2, 0.25) is 5.02 Å². The lowest BCUT2D eigenvalue weighted by molar-refractivity contribution is 0.0238. The zero-order valence-corrected chi connectivity index (χ0v) is 14.9. The summed E-state index contributed by atoms with van der Waals surface area (Å²) in [6.45, 7) is 3.41. The number of aromatic nitrogens is 1. The van der Waals surface area contributed by atoms with Crippen molar-refractivity contribution in [2.24, 2.45) is 0 Å². The number of hydrogen-bond acceptors (Lipinski definition) is 4. The summed E-state index contributed by atoms with van der Waals surface area (Å²) in [4.78, 5) is 16.7. The zero-order valence-electron chi connectivity index (χ0n) is 14.1. The monoisotopic (exact) mass is 360 g/mol. The fourth-order valence-electron chi connectivity index (χ4n) is 2.73. The van der Waals surface area contributed by atoms with E-state index in [1.165, 1.54) is 6.20 Å². The fourth-order valence-corrected chi connectivity index (χ4v) is 2.94. The van der Waals surface area contributed by atoms with E-state index >= 15 is 0 Å². The molecule has 3 rings (SSSR count). The molecule has 2 aromatic rings. The molecule has 1 aliphatic rings. The maximum atomic E-state index is 12.5. The van der Waals surface area contributed by atoms with Gasteiger partial charge in [-0.3, -0.25) is 4.79 Å². The second kappa shape index (κ2) is 8.32. The number of nitrogens with one attached hydrogen (secondary N) is 1. The average Bonchev–Trinajstić information content (AvgIpc) is 2.64. The summed E-state index contributed by atoms with van der Waals surface area (Å²) in [5.41, 5.74) is 2.28. The molecule has 1 aliphatic heterocycles. The van der Waals surface area contributed by atoms with Crippen molar-refractivity contribution in [1.29, 1.82) is 0 Å². The number of carbonyl (C=O) groups is 1. The van der Waals surface area contributed by atoms with Crippen LogP contribution >= 0.6 is 11.6 Å². The second-order valence-corrected chi connectivity index (χ2v) is 6.31. The van der Waals surface area contributed by atoms with E-state index in [1.807, 2.05) is 31.2 Å². The molecular formula is C19H21ClN2O3. The molecule has 1 N–H and O–H groups in total. The number of nitrogens with zero attached hydrogens (tertiary/aromatic N) is 1. The molecule has 132 valence electrons. The van der Waals surface area contributed by atoms with Crippen LogP contribution in [0, 0.1) is 0 Å². The van der Waals surface area contributed by atoms with Crippen LogP contribution in [0.3, 0.4) is 0 Å². The van der Waals surface area contributed by atoms with Gasteiger partial charge in [-0.1, -0.05) is 36.7 Å². The highest BCUT2D eigenvalue weighted by molar-refractivity contribution is 6.32. The largest absolute Gasteiger partial charge is 0.473 e. The molecule has 0 radical (unpaired) electrons. The molecule has 0 bridgehead atoms. The van der Waals surface area contributed by atoms with Gasteiger partial charge in [0, 0.05) is 24.7 Å². The van der Waals surface area contributed by atoms with Crippen molar-refractivity contribution in [3.05, 3.63) is 52.7 Å². The molecule has 1 fully saturated rings. The average molecular weight is 361 g/mol. The van der Waals surface area contributed by atoms with Crippen molar-refractivity contribution in [1.82, 2.24) is 4.98 Å². The minimum absolute atomic E-state index is 0.0508. The first-order chi connectivity index (χ1) is 12.2. The minimum atomic E-state index is -0.243. The van der Waals surface area contributed by atoms with Crippen molar-refractivity contribution in [2.75, 3.05) is 18.5 Å². The second-order valence-electron chi connectivity index (χ2n) is 5.91. The maximum Gasteiger partial charge on any atom is 0.257 e. The van der Waals surface area contributed by atoms with Gasteiger partial charge in [-0.25, -0.2) is 4.98 Å². The van der Waals surface area contributed by atoms with E-state index in [4.69, 9.17) is 21.1 Å². The molecule has 5 nitrogen and oxygen atoms in total. The van der Waals surface area contributed by atoms with E-state index in [9.17, 15) is 4.79 Å². The van der Waals surface area contributed by atoms with E-state index in [2.05, 4.69) is 10.3 Å². The summed E-state index contributed by atoms with van der Waals surface area (Å²) < 4.78 is 11.1. The highest BCUT2D eigenvalue weighted by Crippen LogP contribution is 2.26. The SMILES string of the molecule is CCc1ccccc1NC(=O)c1cnc(OC2CCOCC2)c(Cl)c1. The molecule has 1 amide bonds. The number of pyridine rings is 1. The molecule has 2 heterocycles. The Balaban J connectivity index is 1.70. The van der Waals surface area contributed by atoms with Crippen LogP contribution < -0.4 is 10.1 Å². The zero-order chi connectivity index (χ0) is 17.6. The first-order valence-corrected chi connectivity index (χ1v) is 8.84. The predicted molar refractivity (Wildman–Crippen MR) is 97.5 cm³/mol. The highest BCUT2D eigenvalue weighted by Gasteiger charge is 2.18. The molecule has 0 saturated carbocycles. The Labute approximate surface area is 152 Å². The van der Waals surface area contributed by atoms with Gasteiger partial charge in [-0.2, -0.15) is 0 Å². The standard InChI is InChI=1S/C19H21ClN2O3/c1-2-13-5-3-4-6-17(13)22-18(23)14-11-16(20)19(21-12-14)25-15-7-9-24-10-8-15/h3-6,11-12,15H,2,7-10H2,1H3,(H,22,23). The van der Waals surface area contributed by atoms with Crippen LogP contribution in [0.5, 0.6) is 5.88 Å². The smallest absolute Gasteiger partial charge is 0.257 e. The van der Waals surface area contributed by atoms with E-state index in [1.54, 1.807) is 6.07 Å². The Morgan fingerprint density at radius 3 is 2.84 bits per heavy atom. The van der Waals surface area contributed by atoms with Gasteiger partial charge in [0.15, 0.2) is 0 Å². The minimum Gasteiger partial charge on any atom is -0.473 e. The summed E-state index contributed by atoms with van der Waals surface area (Å²) in [6.07, 6.45) is 4.01. The van der Waals surface area contributed by atoms with E-state index in [0.29, 0.717) is 29.7 Å². The summed E-state index contributed by atoms with van der Waals surface area (Å²) >= 11 is 6.26. The first kappa shape index (κ1) is 17.7. The maximum absolute atomic E-state index is 12.5. The van der Waals surface area contributed by atoms with Crippen molar-refractivity contribution in [3.8, 4) is 5.88 Å². The van der Waals surface area contributed by atoms with Gasteiger partial charge < -0.3 is 14.8 Å². The van der Waals surface area contributed by atoms with Crippen LogP contribution in [0.15, 0.2) is 36.5 Å². The third kappa shape index (κ3) is 4.50. The van der Waals surface area contributed by atoms with Crippen LogP contribution in [-0.2, 0) is 11.2 Å². The molecule has 0 atom stereocenters. The topological polar surface area (TPSA) is 60.5 Å². The van der Waals surface area contributed by atoms with Gasteiger partial charge in [0.2, 0.25) is 5.88 Å². The number of carbonyl (C=O) groups excluding carboxylic acids is 1. The number of rotatable bonds is 5. The molecule has 1 aromatic carbocycles. The predicted octanol–water partition coefficient (Wildman–Crippen LogP) is 4.11. The molecule has 0 unspecified atom stereocenters. The Morgan fingerprint density at radius 1 is 1.36 bits per heavy atom. The molecule has 0 spiro atoms. The van der Waals surface area contributed by atoms with Gasteiger partial charge in [-0.15, -0.1) is 0 Å². The number of halogens is 1. The number of benzene rings is 1. The first-order valence-electron chi connectivity index (χ1n) is 8.46. The Morgan fingerprint density at radius 2 is 2.12 bits per heavy atom. The van der Waals surface area contributed by atoms with E-state index in [0.717, 1.165) is 30.5 Å². The summed E-state index contributed by atoms with van der Waals surface area (Å²) in [7, 11) is 0. The molecule has 6 heteroatoms. The van der Waals surface area contributed by atoms with Crippen LogP contribution in [0.4, 0.5) is 5.69 Å². The van der Waals surface area contributed by atoms with Gasteiger partial charge in [0.25, 0.3) is 5.91 Å². The van der Waals surface area contributed by atoms with E-state index < -0.39 is 0 Å². The number of para-hydroxylation sites is 1. The quantitative estimate of drug-likeness (QED) is 0.871.